The molecule has 0 spiro atoms. The molecule has 0 aromatic heterocycles. The van der Waals surface area contributed by atoms with E-state index in [-0.39, 0.29) is 25.4 Å². The van der Waals surface area contributed by atoms with E-state index in [4.69, 9.17) is 9.47 Å². The maximum atomic E-state index is 11.4. The molecule has 0 N–H and O–H groups in total. The number of hydrogen-bond donors (Lipinski definition) is 0. The van der Waals surface area contributed by atoms with Crippen LogP contribution in [0.4, 0.5) is 0 Å². The zero-order valence-corrected chi connectivity index (χ0v) is 15.5. The van der Waals surface area contributed by atoms with E-state index >= 15 is 0 Å². The van der Waals surface area contributed by atoms with Crippen LogP contribution in [0.15, 0.2) is 0 Å². The van der Waals surface area contributed by atoms with E-state index in [0.717, 1.165) is 19.3 Å². The highest BCUT2D eigenvalue weighted by atomic mass is 16.5. The summed E-state index contributed by atoms with van der Waals surface area (Å²) in [6, 6.07) is 0. The Morgan fingerprint density at radius 1 is 0.708 bits per heavy atom. The molecule has 138 valence electrons. The van der Waals surface area contributed by atoms with Crippen LogP contribution in [-0.4, -0.2) is 25.2 Å². The van der Waals surface area contributed by atoms with E-state index in [1.54, 1.807) is 0 Å². The minimum Gasteiger partial charge on any atom is -0.466 e. The second-order valence-electron chi connectivity index (χ2n) is 5.96. The van der Waals surface area contributed by atoms with E-state index in [0.29, 0.717) is 6.61 Å². The zero-order chi connectivity index (χ0) is 17.9. The van der Waals surface area contributed by atoms with Crippen LogP contribution in [0.5, 0.6) is 0 Å². The molecule has 0 aliphatic carbocycles. The van der Waals surface area contributed by atoms with Crippen LogP contribution in [0, 0.1) is 11.8 Å². The van der Waals surface area contributed by atoms with Crippen LogP contribution < -0.4 is 0 Å². The quantitative estimate of drug-likeness (QED) is 0.259. The lowest BCUT2D eigenvalue weighted by molar-refractivity contribution is -0.149. The first-order chi connectivity index (χ1) is 11.7. The van der Waals surface area contributed by atoms with Crippen molar-refractivity contribution in [2.24, 2.45) is 0 Å². The van der Waals surface area contributed by atoms with Crippen molar-refractivity contribution in [3.8, 4) is 11.8 Å². The summed E-state index contributed by atoms with van der Waals surface area (Å²) >= 11 is 0. The first-order valence-electron chi connectivity index (χ1n) is 9.47. The van der Waals surface area contributed by atoms with Crippen molar-refractivity contribution in [2.75, 3.05) is 13.2 Å². The Balaban J connectivity index is 3.40. The van der Waals surface area contributed by atoms with Crippen molar-refractivity contribution in [1.29, 1.82) is 0 Å². The molecule has 0 atom stereocenters. The molecule has 0 rings (SSSR count). The molecule has 0 saturated heterocycles. The largest absolute Gasteiger partial charge is 0.466 e. The minimum atomic E-state index is -0.398. The third-order valence-corrected chi connectivity index (χ3v) is 3.59. The molecule has 0 unspecified atom stereocenters. The lowest BCUT2D eigenvalue weighted by Crippen LogP contribution is -2.10. The van der Waals surface area contributed by atoms with Crippen molar-refractivity contribution in [3.05, 3.63) is 0 Å². The number of carbonyl (C=O) groups excluding carboxylic acids is 2. The molecule has 0 aromatic rings. The van der Waals surface area contributed by atoms with Crippen LogP contribution >= 0.6 is 0 Å². The predicted molar refractivity (Wildman–Crippen MR) is 96.4 cm³/mol. The predicted octanol–water partition coefficient (Wildman–Crippen LogP) is 4.80. The van der Waals surface area contributed by atoms with Gasteiger partial charge in [0.15, 0.2) is 6.61 Å². The van der Waals surface area contributed by atoms with Crippen LogP contribution in [0.25, 0.3) is 0 Å². The Morgan fingerprint density at radius 3 is 1.92 bits per heavy atom. The summed E-state index contributed by atoms with van der Waals surface area (Å²) in [6.07, 6.45) is 12.1. The maximum Gasteiger partial charge on any atom is 0.307 e. The highest BCUT2D eigenvalue weighted by Gasteiger charge is 2.08. The Labute approximate surface area is 147 Å². The zero-order valence-electron chi connectivity index (χ0n) is 15.5. The average Bonchev–Trinajstić information content (AvgIpc) is 2.59. The van der Waals surface area contributed by atoms with Gasteiger partial charge in [-0.25, -0.2) is 0 Å². The van der Waals surface area contributed by atoms with Crippen molar-refractivity contribution >= 4 is 11.9 Å². The fourth-order valence-electron chi connectivity index (χ4n) is 2.17. The Hall–Kier alpha value is -1.50. The summed E-state index contributed by atoms with van der Waals surface area (Å²) in [7, 11) is 0. The molecular weight excluding hydrogens is 304 g/mol. The summed E-state index contributed by atoms with van der Waals surface area (Å²) < 4.78 is 9.84. The monoisotopic (exact) mass is 338 g/mol. The number of esters is 2. The van der Waals surface area contributed by atoms with Crippen LogP contribution in [0.1, 0.15) is 90.9 Å². The van der Waals surface area contributed by atoms with Crippen molar-refractivity contribution in [3.63, 3.8) is 0 Å². The van der Waals surface area contributed by atoms with Gasteiger partial charge in [0.25, 0.3) is 0 Å². The van der Waals surface area contributed by atoms with Crippen molar-refractivity contribution in [2.45, 2.75) is 90.9 Å². The molecule has 24 heavy (non-hydrogen) atoms. The summed E-state index contributed by atoms with van der Waals surface area (Å²) in [6.45, 7) is 4.67. The summed E-state index contributed by atoms with van der Waals surface area (Å²) in [5.41, 5.74) is 0. The highest BCUT2D eigenvalue weighted by molar-refractivity contribution is 5.77. The first kappa shape index (κ1) is 22.5. The molecular formula is C20H34O4. The molecule has 0 aliphatic rings. The van der Waals surface area contributed by atoms with Gasteiger partial charge in [0, 0.05) is 6.42 Å². The van der Waals surface area contributed by atoms with Gasteiger partial charge in [-0.2, -0.15) is 0 Å². The molecule has 0 bridgehead atoms. The van der Waals surface area contributed by atoms with Gasteiger partial charge in [0.2, 0.25) is 0 Å². The third-order valence-electron chi connectivity index (χ3n) is 3.59. The molecule has 0 amide bonds. The average molecular weight is 338 g/mol. The molecule has 0 saturated carbocycles. The number of rotatable bonds is 14. The second kappa shape index (κ2) is 17.8. The van der Waals surface area contributed by atoms with Gasteiger partial charge < -0.3 is 9.47 Å². The third kappa shape index (κ3) is 16.9. The van der Waals surface area contributed by atoms with E-state index in [1.807, 2.05) is 6.92 Å². The highest BCUT2D eigenvalue weighted by Crippen LogP contribution is 2.09. The molecule has 0 heterocycles. The lowest BCUT2D eigenvalue weighted by Gasteiger charge is -2.02. The second-order valence-corrected chi connectivity index (χ2v) is 5.96. The molecule has 0 fully saturated rings. The van der Waals surface area contributed by atoms with Crippen LogP contribution in [0.3, 0.4) is 0 Å². The molecule has 4 nitrogen and oxygen atoms in total. The van der Waals surface area contributed by atoms with Gasteiger partial charge in [0.05, 0.1) is 19.4 Å². The van der Waals surface area contributed by atoms with Crippen molar-refractivity contribution in [1.82, 2.24) is 0 Å². The minimum absolute atomic E-state index is 0.0578. The fourth-order valence-corrected chi connectivity index (χ4v) is 2.17. The SMILES string of the molecule is CCCCCCCCCCC#CCOC(=O)CCC(=O)OCCC. The van der Waals surface area contributed by atoms with E-state index in [9.17, 15) is 9.59 Å². The number of ether oxygens (including phenoxy) is 2. The Morgan fingerprint density at radius 2 is 1.29 bits per heavy atom. The molecule has 0 radical (unpaired) electrons. The maximum absolute atomic E-state index is 11.4. The Kier molecular flexibility index (Phi) is 16.7. The number of carbonyl (C=O) groups is 2. The van der Waals surface area contributed by atoms with Gasteiger partial charge in [0.1, 0.15) is 0 Å². The normalized spacial score (nSPS) is 9.92. The summed E-state index contributed by atoms with van der Waals surface area (Å²) in [5.74, 6) is 5.12. The van der Waals surface area contributed by atoms with Crippen LogP contribution in [-0.2, 0) is 19.1 Å². The van der Waals surface area contributed by atoms with Gasteiger partial charge in [-0.05, 0) is 12.8 Å². The number of hydrogen-bond acceptors (Lipinski definition) is 4. The molecule has 0 aromatic carbocycles. The van der Waals surface area contributed by atoms with Gasteiger partial charge >= 0.3 is 11.9 Å². The van der Waals surface area contributed by atoms with E-state index in [2.05, 4.69) is 18.8 Å². The Bertz CT molecular complexity index is 379. The van der Waals surface area contributed by atoms with Gasteiger partial charge in [-0.15, -0.1) is 0 Å². The standard InChI is InChI=1S/C20H34O4/c1-3-5-6-7-8-9-10-11-12-13-14-18-24-20(22)16-15-19(21)23-17-4-2/h3-12,15-18H2,1-2H3. The van der Waals surface area contributed by atoms with Crippen LogP contribution in [0.2, 0.25) is 0 Å². The van der Waals surface area contributed by atoms with Crippen molar-refractivity contribution < 1.29 is 19.1 Å². The summed E-state index contributed by atoms with van der Waals surface area (Å²) in [4.78, 5) is 22.6. The number of unbranched alkanes of at least 4 members (excludes halogenated alkanes) is 8. The van der Waals surface area contributed by atoms with E-state index in [1.165, 1.54) is 44.9 Å². The van der Waals surface area contributed by atoms with E-state index < -0.39 is 5.97 Å². The smallest absolute Gasteiger partial charge is 0.307 e. The summed E-state index contributed by atoms with van der Waals surface area (Å²) in [5, 5.41) is 0. The van der Waals surface area contributed by atoms with Gasteiger partial charge in [-0.3, -0.25) is 9.59 Å². The first-order valence-corrected chi connectivity index (χ1v) is 9.47. The molecule has 4 heteroatoms. The lowest BCUT2D eigenvalue weighted by atomic mass is 10.1. The fraction of sp³-hybridized carbons (Fsp3) is 0.800. The topological polar surface area (TPSA) is 52.6 Å². The molecule has 0 aliphatic heterocycles. The van der Waals surface area contributed by atoms with Gasteiger partial charge in [-0.1, -0.05) is 70.6 Å².